The first kappa shape index (κ1) is 22.5. The number of nitrogens with one attached hydrogen (secondary N) is 1. The minimum atomic E-state index is 0.0395. The molecule has 0 radical (unpaired) electrons. The van der Waals surface area contributed by atoms with Gasteiger partial charge in [-0.25, -0.2) is 9.97 Å². The van der Waals surface area contributed by atoms with Gasteiger partial charge in [0.05, 0.1) is 10.6 Å². The zero-order chi connectivity index (χ0) is 22.5. The predicted molar refractivity (Wildman–Crippen MR) is 131 cm³/mol. The van der Waals surface area contributed by atoms with Gasteiger partial charge in [-0.1, -0.05) is 36.7 Å². The molecule has 0 amide bonds. The van der Waals surface area contributed by atoms with E-state index >= 15 is 0 Å². The predicted octanol–water partition coefficient (Wildman–Crippen LogP) is 4.82. The number of nitrogen functional groups attached to an aromatic ring is 1. The fraction of sp³-hybridized carbons (Fsp3) is 0.400. The van der Waals surface area contributed by atoms with Crippen LogP contribution in [0.1, 0.15) is 42.1 Å². The van der Waals surface area contributed by atoms with Gasteiger partial charge in [0.2, 0.25) is 0 Å². The SMILES string of the molecule is CCN1CCC(CNc2ncc(Cl)cc2C(=O)CCc2ccc3c(N)nccc3c2)CC1. The molecule has 4 rings (SSSR count). The van der Waals surface area contributed by atoms with Crippen molar-refractivity contribution in [2.24, 2.45) is 5.92 Å². The molecule has 6 nitrogen and oxygen atoms in total. The first-order valence-corrected chi connectivity index (χ1v) is 11.7. The summed E-state index contributed by atoms with van der Waals surface area (Å²) in [5.41, 5.74) is 7.59. The maximum Gasteiger partial charge on any atom is 0.166 e. The molecule has 1 aliphatic heterocycles. The highest BCUT2D eigenvalue weighted by Crippen LogP contribution is 2.24. The third-order valence-corrected chi connectivity index (χ3v) is 6.57. The zero-order valence-electron chi connectivity index (χ0n) is 18.5. The molecule has 0 aliphatic carbocycles. The molecule has 2 aromatic heterocycles. The molecule has 0 bridgehead atoms. The second-order valence-electron chi connectivity index (χ2n) is 8.48. The Balaban J connectivity index is 1.40. The van der Waals surface area contributed by atoms with Crippen LogP contribution < -0.4 is 11.1 Å². The van der Waals surface area contributed by atoms with Gasteiger partial charge in [0.1, 0.15) is 11.6 Å². The van der Waals surface area contributed by atoms with E-state index in [1.165, 1.54) is 12.8 Å². The van der Waals surface area contributed by atoms with Gasteiger partial charge in [-0.3, -0.25) is 4.79 Å². The number of Topliss-reactive ketones (excluding diaryl/α,β-unsaturated/α-hetero) is 1. The minimum absolute atomic E-state index is 0.0395. The number of halogens is 1. The molecule has 1 saturated heterocycles. The number of hydrogen-bond acceptors (Lipinski definition) is 6. The highest BCUT2D eigenvalue weighted by Gasteiger charge is 2.20. The Hall–Kier alpha value is -2.70. The third kappa shape index (κ3) is 5.37. The van der Waals surface area contributed by atoms with E-state index in [0.717, 1.165) is 42.5 Å². The smallest absolute Gasteiger partial charge is 0.166 e. The number of ketones is 1. The summed E-state index contributed by atoms with van der Waals surface area (Å²) in [5.74, 6) is 1.79. The summed E-state index contributed by atoms with van der Waals surface area (Å²) in [6.45, 7) is 6.41. The summed E-state index contributed by atoms with van der Waals surface area (Å²) >= 11 is 6.17. The summed E-state index contributed by atoms with van der Waals surface area (Å²) in [6, 6.07) is 9.70. The van der Waals surface area contributed by atoms with E-state index in [1.54, 1.807) is 18.5 Å². The number of piperidine rings is 1. The van der Waals surface area contributed by atoms with Crippen molar-refractivity contribution in [2.45, 2.75) is 32.6 Å². The van der Waals surface area contributed by atoms with Gasteiger partial charge < -0.3 is 16.0 Å². The fourth-order valence-electron chi connectivity index (χ4n) is 4.34. The van der Waals surface area contributed by atoms with Gasteiger partial charge in [0, 0.05) is 30.7 Å². The van der Waals surface area contributed by atoms with Crippen LogP contribution in [0.2, 0.25) is 5.02 Å². The van der Waals surface area contributed by atoms with Crippen LogP contribution in [0.15, 0.2) is 42.7 Å². The quantitative estimate of drug-likeness (QED) is 0.477. The number of rotatable bonds is 8. The second-order valence-corrected chi connectivity index (χ2v) is 8.92. The van der Waals surface area contributed by atoms with Crippen LogP contribution in [0.5, 0.6) is 0 Å². The molecule has 1 fully saturated rings. The lowest BCUT2D eigenvalue weighted by Crippen LogP contribution is -2.35. The molecular weight excluding hydrogens is 422 g/mol. The molecule has 0 saturated carbocycles. The first-order valence-electron chi connectivity index (χ1n) is 11.3. The van der Waals surface area contributed by atoms with Crippen molar-refractivity contribution in [3.05, 3.63) is 58.9 Å². The first-order chi connectivity index (χ1) is 15.5. The second kappa shape index (κ2) is 10.3. The Kier molecular flexibility index (Phi) is 7.22. The monoisotopic (exact) mass is 451 g/mol. The Morgan fingerprint density at radius 2 is 2.03 bits per heavy atom. The number of nitrogens with zero attached hydrogens (tertiary/aromatic N) is 3. The Morgan fingerprint density at radius 1 is 1.22 bits per heavy atom. The Labute approximate surface area is 194 Å². The molecule has 3 heterocycles. The van der Waals surface area contributed by atoms with Crippen molar-refractivity contribution >= 4 is 39.8 Å². The van der Waals surface area contributed by atoms with E-state index in [4.69, 9.17) is 17.3 Å². The van der Waals surface area contributed by atoms with Crippen molar-refractivity contribution in [3.8, 4) is 0 Å². The van der Waals surface area contributed by atoms with E-state index in [0.29, 0.717) is 41.0 Å². The van der Waals surface area contributed by atoms with Gasteiger partial charge >= 0.3 is 0 Å². The molecule has 3 N–H and O–H groups in total. The minimum Gasteiger partial charge on any atom is -0.383 e. The molecule has 3 aromatic rings. The molecule has 0 atom stereocenters. The summed E-state index contributed by atoms with van der Waals surface area (Å²) in [5, 5.41) is 5.86. The number of carbonyl (C=O) groups is 1. The zero-order valence-corrected chi connectivity index (χ0v) is 19.2. The van der Waals surface area contributed by atoms with Gasteiger partial charge in [0.15, 0.2) is 5.78 Å². The fourth-order valence-corrected chi connectivity index (χ4v) is 4.50. The molecule has 1 aromatic carbocycles. The number of likely N-dealkylation sites (tertiary alicyclic amines) is 1. The lowest BCUT2D eigenvalue weighted by molar-refractivity contribution is 0.0983. The molecular formula is C25H30ClN5O. The van der Waals surface area contributed by atoms with Crippen molar-refractivity contribution in [1.29, 1.82) is 0 Å². The molecule has 1 aliphatic rings. The standard InChI is InChI=1S/C25H30ClN5O/c1-2-31-11-8-18(9-12-31)15-29-25-22(14-20(26)16-30-25)23(32)6-4-17-3-5-21-19(13-17)7-10-28-24(21)27/h3,5,7,10,13-14,16,18H,2,4,6,8-9,11-12,15H2,1H3,(H2,27,28)(H,29,30). The number of nitrogens with two attached hydrogens (primary N) is 1. The average molecular weight is 452 g/mol. The third-order valence-electron chi connectivity index (χ3n) is 6.37. The molecule has 0 spiro atoms. The van der Waals surface area contributed by atoms with Crippen molar-refractivity contribution in [3.63, 3.8) is 0 Å². The number of benzene rings is 1. The van der Waals surface area contributed by atoms with E-state index in [-0.39, 0.29) is 5.78 Å². The number of anilines is 2. The van der Waals surface area contributed by atoms with Crippen molar-refractivity contribution in [1.82, 2.24) is 14.9 Å². The van der Waals surface area contributed by atoms with Crippen LogP contribution in [-0.4, -0.2) is 46.8 Å². The lowest BCUT2D eigenvalue weighted by atomic mass is 9.96. The van der Waals surface area contributed by atoms with Crippen LogP contribution in [-0.2, 0) is 6.42 Å². The highest BCUT2D eigenvalue weighted by atomic mass is 35.5. The van der Waals surface area contributed by atoms with E-state index in [2.05, 4.69) is 33.2 Å². The summed E-state index contributed by atoms with van der Waals surface area (Å²) in [7, 11) is 0. The molecule has 168 valence electrons. The summed E-state index contributed by atoms with van der Waals surface area (Å²) < 4.78 is 0. The van der Waals surface area contributed by atoms with E-state index in [1.807, 2.05) is 18.2 Å². The molecule has 32 heavy (non-hydrogen) atoms. The summed E-state index contributed by atoms with van der Waals surface area (Å²) in [6.07, 6.45) is 6.66. The maximum absolute atomic E-state index is 13.1. The number of aryl methyl sites for hydroxylation is 1. The van der Waals surface area contributed by atoms with Gasteiger partial charge in [-0.05, 0) is 67.9 Å². The van der Waals surface area contributed by atoms with Gasteiger partial charge in [0.25, 0.3) is 0 Å². The van der Waals surface area contributed by atoms with Crippen LogP contribution in [0.4, 0.5) is 11.6 Å². The number of hydrogen-bond donors (Lipinski definition) is 2. The number of pyridine rings is 2. The number of fused-ring (bicyclic) bond motifs is 1. The van der Waals surface area contributed by atoms with Gasteiger partial charge in [-0.2, -0.15) is 0 Å². The van der Waals surface area contributed by atoms with E-state index in [9.17, 15) is 4.79 Å². The Morgan fingerprint density at radius 3 is 2.81 bits per heavy atom. The van der Waals surface area contributed by atoms with Crippen LogP contribution >= 0.6 is 11.6 Å². The largest absolute Gasteiger partial charge is 0.383 e. The summed E-state index contributed by atoms with van der Waals surface area (Å²) in [4.78, 5) is 24.1. The van der Waals surface area contributed by atoms with Crippen molar-refractivity contribution in [2.75, 3.05) is 37.2 Å². The normalized spacial score (nSPS) is 15.2. The van der Waals surface area contributed by atoms with Crippen LogP contribution in [0, 0.1) is 5.92 Å². The van der Waals surface area contributed by atoms with Crippen LogP contribution in [0.3, 0.4) is 0 Å². The number of carbonyl (C=O) groups excluding carboxylic acids is 1. The lowest BCUT2D eigenvalue weighted by Gasteiger charge is -2.31. The number of aromatic nitrogens is 2. The Bertz CT molecular complexity index is 1090. The topological polar surface area (TPSA) is 84.1 Å². The molecule has 0 unspecified atom stereocenters. The van der Waals surface area contributed by atoms with E-state index < -0.39 is 0 Å². The van der Waals surface area contributed by atoms with Crippen molar-refractivity contribution < 1.29 is 4.79 Å². The van der Waals surface area contributed by atoms with Crippen LogP contribution in [0.25, 0.3) is 10.8 Å². The highest BCUT2D eigenvalue weighted by molar-refractivity contribution is 6.31. The maximum atomic E-state index is 13.1. The van der Waals surface area contributed by atoms with Gasteiger partial charge in [-0.15, -0.1) is 0 Å². The molecule has 7 heteroatoms. The average Bonchev–Trinajstić information content (AvgIpc) is 2.82.